The van der Waals surface area contributed by atoms with Gasteiger partial charge in [-0.3, -0.25) is 4.79 Å². The Hall–Kier alpha value is -3.51. The van der Waals surface area contributed by atoms with Gasteiger partial charge in [0.25, 0.3) is 5.91 Å². The second kappa shape index (κ2) is 8.88. The molecule has 30 heavy (non-hydrogen) atoms. The number of ether oxygens (including phenoxy) is 1. The van der Waals surface area contributed by atoms with Crippen LogP contribution in [0.1, 0.15) is 23.5 Å². The van der Waals surface area contributed by atoms with Crippen molar-refractivity contribution in [3.05, 3.63) is 83.4 Å². The van der Waals surface area contributed by atoms with E-state index in [1.165, 1.54) is 17.4 Å². The SMILES string of the molecule is C[C@H](NC(=O)COC(=O)/C=C/c1nc2ccccc2s1)c1cccc2ccccc12. The molecule has 1 aromatic heterocycles. The Kier molecular flexibility index (Phi) is 5.86. The van der Waals surface area contributed by atoms with Crippen molar-refractivity contribution >= 4 is 50.3 Å². The molecule has 0 spiro atoms. The lowest BCUT2D eigenvalue weighted by molar-refractivity contribution is -0.144. The van der Waals surface area contributed by atoms with Crippen LogP contribution < -0.4 is 5.32 Å². The summed E-state index contributed by atoms with van der Waals surface area (Å²) in [5.74, 6) is -0.931. The van der Waals surface area contributed by atoms with Crippen LogP contribution in [0, 0.1) is 0 Å². The summed E-state index contributed by atoms with van der Waals surface area (Å²) in [6, 6.07) is 21.6. The van der Waals surface area contributed by atoms with Crippen molar-refractivity contribution in [3.8, 4) is 0 Å². The molecule has 0 saturated heterocycles. The van der Waals surface area contributed by atoms with Crippen LogP contribution in [0.5, 0.6) is 0 Å². The summed E-state index contributed by atoms with van der Waals surface area (Å²) in [5.41, 5.74) is 1.90. The van der Waals surface area contributed by atoms with E-state index in [0.29, 0.717) is 5.01 Å². The summed E-state index contributed by atoms with van der Waals surface area (Å²) in [6.45, 7) is 1.58. The van der Waals surface area contributed by atoms with Gasteiger partial charge in [0.15, 0.2) is 6.61 Å². The zero-order valence-corrected chi connectivity index (χ0v) is 17.2. The molecule has 0 fully saturated rings. The molecule has 0 aliphatic heterocycles. The highest BCUT2D eigenvalue weighted by molar-refractivity contribution is 7.19. The molecular weight excluding hydrogens is 396 g/mol. The van der Waals surface area contributed by atoms with Gasteiger partial charge in [-0.2, -0.15) is 0 Å². The van der Waals surface area contributed by atoms with E-state index in [0.717, 1.165) is 26.6 Å². The van der Waals surface area contributed by atoms with Crippen LogP contribution in [-0.2, 0) is 14.3 Å². The van der Waals surface area contributed by atoms with E-state index in [4.69, 9.17) is 4.74 Å². The molecule has 4 rings (SSSR count). The normalized spacial score (nSPS) is 12.3. The van der Waals surface area contributed by atoms with E-state index in [-0.39, 0.29) is 18.6 Å². The molecule has 0 bridgehead atoms. The average Bonchev–Trinajstić information content (AvgIpc) is 3.19. The van der Waals surface area contributed by atoms with E-state index in [1.54, 1.807) is 6.08 Å². The Morgan fingerprint density at radius 1 is 1.07 bits per heavy atom. The highest BCUT2D eigenvalue weighted by atomic mass is 32.1. The van der Waals surface area contributed by atoms with Crippen molar-refractivity contribution in [2.75, 3.05) is 6.61 Å². The molecule has 0 aliphatic carbocycles. The van der Waals surface area contributed by atoms with Crippen molar-refractivity contribution in [1.82, 2.24) is 10.3 Å². The van der Waals surface area contributed by atoms with E-state index >= 15 is 0 Å². The molecule has 5 nitrogen and oxygen atoms in total. The molecule has 1 heterocycles. The van der Waals surface area contributed by atoms with Gasteiger partial charge >= 0.3 is 5.97 Å². The van der Waals surface area contributed by atoms with Crippen LogP contribution in [-0.4, -0.2) is 23.5 Å². The summed E-state index contributed by atoms with van der Waals surface area (Å²) in [6.07, 6.45) is 2.89. The number of aromatic nitrogens is 1. The number of para-hydroxylation sites is 1. The summed E-state index contributed by atoms with van der Waals surface area (Å²) in [4.78, 5) is 28.6. The molecule has 1 N–H and O–H groups in total. The lowest BCUT2D eigenvalue weighted by Gasteiger charge is -2.16. The van der Waals surface area contributed by atoms with Crippen molar-refractivity contribution < 1.29 is 14.3 Å². The van der Waals surface area contributed by atoms with E-state index < -0.39 is 5.97 Å². The molecule has 6 heteroatoms. The molecule has 150 valence electrons. The molecule has 1 amide bonds. The quantitative estimate of drug-likeness (QED) is 0.359. The van der Waals surface area contributed by atoms with Gasteiger partial charge in [-0.15, -0.1) is 11.3 Å². The first-order valence-corrected chi connectivity index (χ1v) is 10.4. The molecule has 3 aromatic carbocycles. The molecular formula is C24H20N2O3S. The maximum Gasteiger partial charge on any atom is 0.331 e. The van der Waals surface area contributed by atoms with Gasteiger partial charge in [-0.1, -0.05) is 54.6 Å². The number of amides is 1. The number of carbonyl (C=O) groups excluding carboxylic acids is 2. The fraction of sp³-hybridized carbons (Fsp3) is 0.125. The number of carbonyl (C=O) groups is 2. The largest absolute Gasteiger partial charge is 0.452 e. The zero-order chi connectivity index (χ0) is 20.9. The molecule has 0 aliphatic rings. The summed E-state index contributed by atoms with van der Waals surface area (Å²) in [7, 11) is 0. The van der Waals surface area contributed by atoms with Crippen molar-refractivity contribution in [1.29, 1.82) is 0 Å². The van der Waals surface area contributed by atoms with E-state index in [1.807, 2.05) is 73.7 Å². The topological polar surface area (TPSA) is 68.3 Å². The van der Waals surface area contributed by atoms with E-state index in [2.05, 4.69) is 10.3 Å². The Labute approximate surface area is 178 Å². The minimum absolute atomic E-state index is 0.208. The first kappa shape index (κ1) is 19.8. The zero-order valence-electron chi connectivity index (χ0n) is 16.4. The van der Waals surface area contributed by atoms with Crippen LogP contribution in [0.2, 0.25) is 0 Å². The molecule has 0 unspecified atom stereocenters. The van der Waals surface area contributed by atoms with Crippen LogP contribution in [0.4, 0.5) is 0 Å². The lowest BCUT2D eigenvalue weighted by atomic mass is 10.00. The number of rotatable bonds is 6. The van der Waals surface area contributed by atoms with Crippen molar-refractivity contribution in [3.63, 3.8) is 0 Å². The number of nitrogens with zero attached hydrogens (tertiary/aromatic N) is 1. The Balaban J connectivity index is 1.32. The van der Waals surface area contributed by atoms with Crippen LogP contribution >= 0.6 is 11.3 Å². The number of esters is 1. The van der Waals surface area contributed by atoms with Gasteiger partial charge in [-0.05, 0) is 41.5 Å². The minimum Gasteiger partial charge on any atom is -0.452 e. The molecule has 4 aromatic rings. The number of benzene rings is 3. The fourth-order valence-corrected chi connectivity index (χ4v) is 4.14. The van der Waals surface area contributed by atoms with E-state index in [9.17, 15) is 9.59 Å². The highest BCUT2D eigenvalue weighted by Crippen LogP contribution is 2.24. The third-order valence-corrected chi connectivity index (χ3v) is 5.69. The second-order valence-electron chi connectivity index (χ2n) is 6.82. The van der Waals surface area contributed by atoms with Crippen LogP contribution in [0.15, 0.2) is 72.8 Å². The van der Waals surface area contributed by atoms with Crippen molar-refractivity contribution in [2.24, 2.45) is 0 Å². The number of fused-ring (bicyclic) bond motifs is 2. The molecule has 0 saturated carbocycles. The molecule has 1 atom stereocenters. The first-order valence-electron chi connectivity index (χ1n) is 9.57. The van der Waals surface area contributed by atoms with Crippen LogP contribution in [0.25, 0.3) is 27.1 Å². The number of hydrogen-bond donors (Lipinski definition) is 1. The van der Waals surface area contributed by atoms with Gasteiger partial charge in [0.05, 0.1) is 16.3 Å². The number of nitrogens with one attached hydrogen (secondary N) is 1. The third-order valence-electron chi connectivity index (χ3n) is 4.69. The third kappa shape index (κ3) is 4.55. The molecule has 0 radical (unpaired) electrons. The second-order valence-corrected chi connectivity index (χ2v) is 7.88. The monoisotopic (exact) mass is 416 g/mol. The van der Waals surface area contributed by atoms with Crippen molar-refractivity contribution in [2.45, 2.75) is 13.0 Å². The highest BCUT2D eigenvalue weighted by Gasteiger charge is 2.13. The fourth-order valence-electron chi connectivity index (χ4n) is 3.27. The minimum atomic E-state index is -0.581. The van der Waals surface area contributed by atoms with Gasteiger partial charge in [-0.25, -0.2) is 9.78 Å². The maximum absolute atomic E-state index is 12.2. The number of thiazole rings is 1. The van der Waals surface area contributed by atoms with Gasteiger partial charge in [0, 0.05) is 6.08 Å². The van der Waals surface area contributed by atoms with Gasteiger partial charge in [0.2, 0.25) is 0 Å². The van der Waals surface area contributed by atoms with Gasteiger partial charge < -0.3 is 10.1 Å². The maximum atomic E-state index is 12.2. The van der Waals surface area contributed by atoms with Gasteiger partial charge in [0.1, 0.15) is 5.01 Å². The smallest absolute Gasteiger partial charge is 0.331 e. The predicted molar refractivity (Wildman–Crippen MR) is 120 cm³/mol. The number of hydrogen-bond acceptors (Lipinski definition) is 5. The summed E-state index contributed by atoms with van der Waals surface area (Å²) >= 11 is 1.49. The van der Waals surface area contributed by atoms with Crippen LogP contribution in [0.3, 0.4) is 0 Å². The average molecular weight is 417 g/mol. The Bertz CT molecular complexity index is 1210. The Morgan fingerprint density at radius 3 is 2.70 bits per heavy atom. The first-order chi connectivity index (χ1) is 14.6. The summed E-state index contributed by atoms with van der Waals surface area (Å²) in [5, 5.41) is 5.80. The summed E-state index contributed by atoms with van der Waals surface area (Å²) < 4.78 is 6.11. The standard InChI is InChI=1S/C24H20N2O3S/c1-16(18-10-6-8-17-7-2-3-9-19(17)18)25-22(27)15-29-24(28)14-13-23-26-20-11-4-5-12-21(20)30-23/h2-14,16H,15H2,1H3,(H,25,27)/b14-13+/t16-/m0/s1. The lowest BCUT2D eigenvalue weighted by Crippen LogP contribution is -2.31. The predicted octanol–water partition coefficient (Wildman–Crippen LogP) is 4.88. The Morgan fingerprint density at radius 2 is 1.83 bits per heavy atom.